The highest BCUT2D eigenvalue weighted by atomic mass is 32.1. The van der Waals surface area contributed by atoms with Crippen LogP contribution in [0.5, 0.6) is 0 Å². The van der Waals surface area contributed by atoms with Gasteiger partial charge in [-0.15, -0.1) is 16.4 Å². The Morgan fingerprint density at radius 1 is 1.50 bits per heavy atom. The van der Waals surface area contributed by atoms with E-state index in [0.717, 1.165) is 0 Å². The average molecular weight is 259 g/mol. The second kappa shape index (κ2) is 5.86. The Labute approximate surface area is 107 Å². The fourth-order valence-electron chi connectivity index (χ4n) is 1.19. The molecule has 0 aliphatic heterocycles. The van der Waals surface area contributed by atoms with Crippen LogP contribution in [-0.2, 0) is 0 Å². The van der Waals surface area contributed by atoms with Crippen molar-refractivity contribution in [2.24, 2.45) is 5.73 Å². The maximum absolute atomic E-state index is 12.0. The molecule has 3 N–H and O–H groups in total. The van der Waals surface area contributed by atoms with Crippen molar-refractivity contribution in [2.45, 2.75) is 0 Å². The molecule has 0 saturated carbocycles. The molecular formula is C11H9N5OS. The van der Waals surface area contributed by atoms with Gasteiger partial charge in [0.2, 0.25) is 5.95 Å². The summed E-state index contributed by atoms with van der Waals surface area (Å²) < 4.78 is 0. The maximum atomic E-state index is 12.0. The van der Waals surface area contributed by atoms with Crippen molar-refractivity contribution in [3.63, 3.8) is 0 Å². The number of anilines is 1. The number of carbonyl (C=O) groups is 1. The number of rotatable bonds is 2. The van der Waals surface area contributed by atoms with Crippen molar-refractivity contribution in [1.82, 2.24) is 15.2 Å². The van der Waals surface area contributed by atoms with E-state index < -0.39 is 0 Å². The van der Waals surface area contributed by atoms with E-state index in [9.17, 15) is 4.79 Å². The first-order chi connectivity index (χ1) is 8.81. The van der Waals surface area contributed by atoms with Crippen molar-refractivity contribution < 1.29 is 4.79 Å². The lowest BCUT2D eigenvalue weighted by atomic mass is 10.2. The second-order valence-corrected chi connectivity index (χ2v) is 4.01. The Morgan fingerprint density at radius 3 is 3.11 bits per heavy atom. The van der Waals surface area contributed by atoms with E-state index in [-0.39, 0.29) is 18.4 Å². The largest absolute Gasteiger partial charge is 0.320 e. The number of aromatic nitrogens is 3. The van der Waals surface area contributed by atoms with Gasteiger partial charge in [-0.1, -0.05) is 11.8 Å². The van der Waals surface area contributed by atoms with Crippen LogP contribution in [0, 0.1) is 11.8 Å². The summed E-state index contributed by atoms with van der Waals surface area (Å²) in [6.45, 7) is 0.253. The van der Waals surface area contributed by atoms with Crippen LogP contribution in [0.3, 0.4) is 0 Å². The van der Waals surface area contributed by atoms with Gasteiger partial charge in [0.05, 0.1) is 18.9 Å². The van der Waals surface area contributed by atoms with Gasteiger partial charge in [0.15, 0.2) is 0 Å². The van der Waals surface area contributed by atoms with Gasteiger partial charge in [-0.25, -0.2) is 4.98 Å². The van der Waals surface area contributed by atoms with Gasteiger partial charge in [-0.05, 0) is 11.4 Å². The zero-order valence-electron chi connectivity index (χ0n) is 9.25. The predicted molar refractivity (Wildman–Crippen MR) is 68.0 cm³/mol. The van der Waals surface area contributed by atoms with E-state index in [2.05, 4.69) is 32.3 Å². The summed E-state index contributed by atoms with van der Waals surface area (Å²) in [5, 5.41) is 11.6. The SMILES string of the molecule is NCC#Cc1ccsc1C(=O)Nc1nccnn1. The average Bonchev–Trinajstić information content (AvgIpc) is 2.86. The number of nitrogens with one attached hydrogen (secondary N) is 1. The molecule has 0 aliphatic rings. The lowest BCUT2D eigenvalue weighted by Crippen LogP contribution is -2.14. The molecule has 2 heterocycles. The summed E-state index contributed by atoms with van der Waals surface area (Å²) in [6, 6.07) is 1.77. The van der Waals surface area contributed by atoms with Crippen molar-refractivity contribution in [1.29, 1.82) is 0 Å². The lowest BCUT2D eigenvalue weighted by molar-refractivity contribution is 0.102. The minimum absolute atomic E-state index is 0.161. The summed E-state index contributed by atoms with van der Waals surface area (Å²) in [5.74, 6) is 5.40. The summed E-state index contributed by atoms with van der Waals surface area (Å²) in [7, 11) is 0. The molecule has 0 atom stereocenters. The lowest BCUT2D eigenvalue weighted by Gasteiger charge is -2.00. The molecule has 0 fully saturated rings. The van der Waals surface area contributed by atoms with Crippen LogP contribution >= 0.6 is 11.3 Å². The van der Waals surface area contributed by atoms with Crippen molar-refractivity contribution in [3.05, 3.63) is 34.3 Å². The highest BCUT2D eigenvalue weighted by Crippen LogP contribution is 2.16. The van der Waals surface area contributed by atoms with E-state index in [1.807, 2.05) is 0 Å². The second-order valence-electron chi connectivity index (χ2n) is 3.09. The van der Waals surface area contributed by atoms with Gasteiger partial charge in [-0.2, -0.15) is 5.10 Å². The van der Waals surface area contributed by atoms with E-state index in [1.54, 1.807) is 11.4 Å². The Hall–Kier alpha value is -2.30. The van der Waals surface area contributed by atoms with Crippen LogP contribution in [0.2, 0.25) is 0 Å². The van der Waals surface area contributed by atoms with Crippen LogP contribution in [0.1, 0.15) is 15.2 Å². The van der Waals surface area contributed by atoms with Crippen molar-refractivity contribution in [2.75, 3.05) is 11.9 Å². The fourth-order valence-corrected chi connectivity index (χ4v) is 1.94. The third-order valence-corrected chi connectivity index (χ3v) is 2.82. The van der Waals surface area contributed by atoms with Crippen LogP contribution in [0.4, 0.5) is 5.95 Å². The van der Waals surface area contributed by atoms with E-state index in [1.165, 1.54) is 23.7 Å². The summed E-state index contributed by atoms with van der Waals surface area (Å²) in [6.07, 6.45) is 2.88. The van der Waals surface area contributed by atoms with Gasteiger partial charge in [0, 0.05) is 5.56 Å². The Morgan fingerprint density at radius 2 is 2.39 bits per heavy atom. The number of thiophene rings is 1. The highest BCUT2D eigenvalue weighted by molar-refractivity contribution is 7.12. The number of hydrogen-bond acceptors (Lipinski definition) is 6. The highest BCUT2D eigenvalue weighted by Gasteiger charge is 2.13. The van der Waals surface area contributed by atoms with E-state index in [0.29, 0.717) is 10.4 Å². The first-order valence-corrected chi connectivity index (χ1v) is 5.90. The van der Waals surface area contributed by atoms with Crippen molar-refractivity contribution >= 4 is 23.2 Å². The van der Waals surface area contributed by atoms with Crippen LogP contribution in [0.25, 0.3) is 0 Å². The molecule has 0 aliphatic carbocycles. The number of carbonyl (C=O) groups excluding carboxylic acids is 1. The smallest absolute Gasteiger partial charge is 0.269 e. The third-order valence-electron chi connectivity index (χ3n) is 1.90. The molecule has 0 unspecified atom stereocenters. The molecule has 7 heteroatoms. The minimum Gasteiger partial charge on any atom is -0.320 e. The quantitative estimate of drug-likeness (QED) is 0.766. The molecule has 2 aromatic heterocycles. The molecule has 0 saturated heterocycles. The molecule has 18 heavy (non-hydrogen) atoms. The topological polar surface area (TPSA) is 93.8 Å². The van der Waals surface area contributed by atoms with E-state index >= 15 is 0 Å². The van der Waals surface area contributed by atoms with Crippen LogP contribution < -0.4 is 11.1 Å². The standard InChI is InChI=1S/C11H9N5OS/c12-4-1-2-8-3-7-18-9(8)10(17)15-11-13-5-6-14-16-11/h3,5-7H,4,12H2,(H,13,15,16,17). The molecule has 2 rings (SSSR count). The fraction of sp³-hybridized carbons (Fsp3) is 0.0909. The number of amides is 1. The number of nitrogens with two attached hydrogens (primary N) is 1. The van der Waals surface area contributed by atoms with Gasteiger partial charge in [0.1, 0.15) is 4.88 Å². The molecule has 0 aromatic carbocycles. The van der Waals surface area contributed by atoms with Gasteiger partial charge >= 0.3 is 0 Å². The van der Waals surface area contributed by atoms with Crippen molar-refractivity contribution in [3.8, 4) is 11.8 Å². The van der Waals surface area contributed by atoms with Gasteiger partial charge in [0.25, 0.3) is 5.91 Å². The zero-order valence-corrected chi connectivity index (χ0v) is 10.1. The summed E-state index contributed by atoms with van der Waals surface area (Å²) in [5.41, 5.74) is 5.94. The van der Waals surface area contributed by atoms with Gasteiger partial charge in [-0.3, -0.25) is 10.1 Å². The first-order valence-electron chi connectivity index (χ1n) is 5.02. The van der Waals surface area contributed by atoms with Crippen LogP contribution in [0.15, 0.2) is 23.8 Å². The Kier molecular flexibility index (Phi) is 3.96. The maximum Gasteiger partial charge on any atom is 0.269 e. The summed E-state index contributed by atoms with van der Waals surface area (Å²) >= 11 is 1.30. The normalized spacial score (nSPS) is 9.39. The molecule has 0 spiro atoms. The molecule has 0 radical (unpaired) electrons. The van der Waals surface area contributed by atoms with Gasteiger partial charge < -0.3 is 5.73 Å². The molecule has 0 bridgehead atoms. The molecular weight excluding hydrogens is 250 g/mol. The Balaban J connectivity index is 2.17. The number of hydrogen-bond donors (Lipinski definition) is 2. The summed E-state index contributed by atoms with van der Waals surface area (Å²) in [4.78, 5) is 16.3. The molecule has 1 amide bonds. The molecule has 90 valence electrons. The third kappa shape index (κ3) is 2.88. The minimum atomic E-state index is -0.306. The zero-order chi connectivity index (χ0) is 12.8. The molecule has 6 nitrogen and oxygen atoms in total. The van der Waals surface area contributed by atoms with E-state index in [4.69, 9.17) is 5.73 Å². The first kappa shape index (κ1) is 12.2. The van der Waals surface area contributed by atoms with Crippen LogP contribution in [-0.4, -0.2) is 27.6 Å². The monoisotopic (exact) mass is 259 g/mol. The number of nitrogens with zero attached hydrogens (tertiary/aromatic N) is 3. The Bertz CT molecular complexity index is 599. The predicted octanol–water partition coefficient (Wildman–Crippen LogP) is 0.496. The molecule has 2 aromatic rings.